The zero-order valence-corrected chi connectivity index (χ0v) is 15.4. The van der Waals surface area contributed by atoms with Gasteiger partial charge < -0.3 is 10.5 Å². The molecule has 0 saturated heterocycles. The van der Waals surface area contributed by atoms with Crippen LogP contribution in [-0.4, -0.2) is 21.5 Å². The van der Waals surface area contributed by atoms with Crippen molar-refractivity contribution in [2.45, 2.75) is 31.1 Å². The van der Waals surface area contributed by atoms with Gasteiger partial charge in [0.1, 0.15) is 0 Å². The molecule has 0 radical (unpaired) electrons. The van der Waals surface area contributed by atoms with E-state index in [1.165, 1.54) is 7.11 Å². The molecule has 1 aliphatic carbocycles. The van der Waals surface area contributed by atoms with Gasteiger partial charge in [-0.2, -0.15) is 0 Å². The van der Waals surface area contributed by atoms with E-state index in [0.29, 0.717) is 16.8 Å². The first-order valence-corrected chi connectivity index (χ1v) is 10.1. The number of nitrogen functional groups attached to an aromatic ring is 1. The van der Waals surface area contributed by atoms with Gasteiger partial charge >= 0.3 is 5.97 Å². The molecule has 0 aromatic heterocycles. The van der Waals surface area contributed by atoms with Crippen molar-refractivity contribution in [3.8, 4) is 0 Å². The number of esters is 1. The van der Waals surface area contributed by atoms with Crippen LogP contribution in [0.25, 0.3) is 0 Å². The summed E-state index contributed by atoms with van der Waals surface area (Å²) in [6, 6.07) is 11.8. The van der Waals surface area contributed by atoms with Crippen LogP contribution in [0.4, 0.5) is 5.69 Å². The van der Waals surface area contributed by atoms with Crippen molar-refractivity contribution in [1.29, 1.82) is 0 Å². The van der Waals surface area contributed by atoms with Gasteiger partial charge in [0.15, 0.2) is 0 Å². The second-order valence-corrected chi connectivity index (χ2v) is 8.23. The topological polar surface area (TPSA) is 98.5 Å². The second kappa shape index (κ2) is 7.47. The molecule has 3 rings (SSSR count). The molecule has 0 aliphatic heterocycles. The average molecular weight is 374 g/mol. The maximum atomic E-state index is 12.6. The SMILES string of the molecule is COC(=O)c1cccc(CS(=O)(=O)NC2CCCc3cc(N)ccc32)c1. The molecule has 26 heavy (non-hydrogen) atoms. The summed E-state index contributed by atoms with van der Waals surface area (Å²) in [7, 11) is -2.28. The molecule has 1 aliphatic rings. The number of carbonyl (C=O) groups excluding carboxylic acids is 1. The third kappa shape index (κ3) is 4.23. The second-order valence-electron chi connectivity index (χ2n) is 6.47. The third-order valence-electron chi connectivity index (χ3n) is 4.51. The van der Waals surface area contributed by atoms with Crippen molar-refractivity contribution >= 4 is 21.7 Å². The van der Waals surface area contributed by atoms with Crippen LogP contribution < -0.4 is 10.5 Å². The molecule has 0 heterocycles. The number of fused-ring (bicyclic) bond motifs is 1. The lowest BCUT2D eigenvalue weighted by Gasteiger charge is -2.26. The van der Waals surface area contributed by atoms with E-state index in [-0.39, 0.29) is 11.8 Å². The number of methoxy groups -OCH3 is 1. The smallest absolute Gasteiger partial charge is 0.337 e. The van der Waals surface area contributed by atoms with Crippen LogP contribution in [0.3, 0.4) is 0 Å². The monoisotopic (exact) mass is 374 g/mol. The van der Waals surface area contributed by atoms with Crippen LogP contribution in [0.15, 0.2) is 42.5 Å². The predicted molar refractivity (Wildman–Crippen MR) is 100 cm³/mol. The lowest BCUT2D eigenvalue weighted by atomic mass is 9.88. The molecular formula is C19H22N2O4S. The van der Waals surface area contributed by atoms with Gasteiger partial charge in [0.25, 0.3) is 0 Å². The zero-order chi connectivity index (χ0) is 18.7. The first-order chi connectivity index (χ1) is 12.4. The zero-order valence-electron chi connectivity index (χ0n) is 14.6. The Morgan fingerprint density at radius 2 is 2.08 bits per heavy atom. The van der Waals surface area contributed by atoms with Crippen LogP contribution in [0.1, 0.15) is 45.9 Å². The maximum absolute atomic E-state index is 12.6. The molecule has 0 amide bonds. The Bertz CT molecular complexity index is 925. The van der Waals surface area contributed by atoms with Gasteiger partial charge in [0.05, 0.1) is 18.4 Å². The minimum Gasteiger partial charge on any atom is -0.465 e. The highest BCUT2D eigenvalue weighted by atomic mass is 32.2. The summed E-state index contributed by atoms with van der Waals surface area (Å²) in [5, 5.41) is 0. The van der Waals surface area contributed by atoms with Gasteiger partial charge in [-0.25, -0.2) is 17.9 Å². The van der Waals surface area contributed by atoms with Crippen LogP contribution in [0.2, 0.25) is 0 Å². The van der Waals surface area contributed by atoms with E-state index in [1.807, 2.05) is 12.1 Å². The van der Waals surface area contributed by atoms with Gasteiger partial charge in [-0.15, -0.1) is 0 Å². The van der Waals surface area contributed by atoms with Crippen molar-refractivity contribution in [2.75, 3.05) is 12.8 Å². The van der Waals surface area contributed by atoms with Crippen molar-refractivity contribution in [2.24, 2.45) is 0 Å². The summed E-state index contributed by atoms with van der Waals surface area (Å²) in [5.74, 6) is -0.686. The van der Waals surface area contributed by atoms with E-state index >= 15 is 0 Å². The largest absolute Gasteiger partial charge is 0.465 e. The number of nitrogens with two attached hydrogens (primary N) is 1. The Morgan fingerprint density at radius 1 is 1.27 bits per heavy atom. The predicted octanol–water partition coefficient (Wildman–Crippen LogP) is 2.55. The van der Waals surface area contributed by atoms with E-state index in [1.54, 1.807) is 30.3 Å². The van der Waals surface area contributed by atoms with Crippen LogP contribution in [0.5, 0.6) is 0 Å². The highest BCUT2D eigenvalue weighted by molar-refractivity contribution is 7.88. The lowest BCUT2D eigenvalue weighted by Crippen LogP contribution is -2.32. The molecule has 6 nitrogen and oxygen atoms in total. The molecule has 0 spiro atoms. The Labute approximate surface area is 153 Å². The van der Waals surface area contributed by atoms with Crippen LogP contribution in [0, 0.1) is 0 Å². The molecule has 138 valence electrons. The fraction of sp³-hybridized carbons (Fsp3) is 0.316. The van der Waals surface area contributed by atoms with Crippen LogP contribution >= 0.6 is 0 Å². The van der Waals surface area contributed by atoms with Crippen molar-refractivity contribution in [3.05, 3.63) is 64.7 Å². The minimum absolute atomic E-state index is 0.196. The first kappa shape index (κ1) is 18.4. The van der Waals surface area contributed by atoms with Gasteiger partial charge in [-0.3, -0.25) is 0 Å². The van der Waals surface area contributed by atoms with E-state index in [9.17, 15) is 13.2 Å². The summed E-state index contributed by atoms with van der Waals surface area (Å²) in [5.41, 5.74) is 9.46. The number of nitrogens with one attached hydrogen (secondary N) is 1. The molecule has 7 heteroatoms. The van der Waals surface area contributed by atoms with Crippen LogP contribution in [-0.2, 0) is 26.9 Å². The Balaban J connectivity index is 1.78. The number of ether oxygens (including phenoxy) is 1. The van der Waals surface area contributed by atoms with Gasteiger partial charge in [0.2, 0.25) is 10.0 Å². The average Bonchev–Trinajstić information content (AvgIpc) is 2.60. The lowest BCUT2D eigenvalue weighted by molar-refractivity contribution is 0.0600. The number of sulfonamides is 1. The maximum Gasteiger partial charge on any atom is 0.337 e. The van der Waals surface area contributed by atoms with Crippen molar-refractivity contribution in [1.82, 2.24) is 4.72 Å². The number of anilines is 1. The summed E-state index contributed by atoms with van der Waals surface area (Å²) in [4.78, 5) is 11.6. The molecule has 3 N–H and O–H groups in total. The number of rotatable bonds is 5. The fourth-order valence-corrected chi connectivity index (χ4v) is 4.72. The number of aryl methyl sites for hydroxylation is 1. The molecular weight excluding hydrogens is 352 g/mol. The Kier molecular flexibility index (Phi) is 5.29. The summed E-state index contributed by atoms with van der Waals surface area (Å²) < 4.78 is 32.8. The number of carbonyl (C=O) groups is 1. The first-order valence-electron chi connectivity index (χ1n) is 8.43. The molecule has 0 saturated carbocycles. The summed E-state index contributed by atoms with van der Waals surface area (Å²) in [6.07, 6.45) is 2.56. The van der Waals surface area contributed by atoms with Crippen molar-refractivity contribution in [3.63, 3.8) is 0 Å². The Morgan fingerprint density at radius 3 is 2.85 bits per heavy atom. The molecule has 1 atom stereocenters. The van der Waals surface area contributed by atoms with E-state index in [0.717, 1.165) is 30.4 Å². The van der Waals surface area contributed by atoms with Gasteiger partial charge in [0, 0.05) is 11.7 Å². The Hall–Kier alpha value is -2.38. The summed E-state index contributed by atoms with van der Waals surface area (Å²) >= 11 is 0. The number of benzene rings is 2. The quantitative estimate of drug-likeness (QED) is 0.619. The molecule has 2 aromatic carbocycles. The number of hydrogen-bond acceptors (Lipinski definition) is 5. The van der Waals surface area contributed by atoms with E-state index < -0.39 is 16.0 Å². The molecule has 0 fully saturated rings. The minimum atomic E-state index is -3.57. The van der Waals surface area contributed by atoms with E-state index in [2.05, 4.69) is 9.46 Å². The van der Waals surface area contributed by atoms with Gasteiger partial charge in [-0.1, -0.05) is 18.2 Å². The third-order valence-corrected chi connectivity index (χ3v) is 5.86. The molecule has 2 aromatic rings. The normalized spacial score (nSPS) is 16.7. The highest BCUT2D eigenvalue weighted by Gasteiger charge is 2.25. The van der Waals surface area contributed by atoms with Gasteiger partial charge in [-0.05, 0) is 60.2 Å². The highest BCUT2D eigenvalue weighted by Crippen LogP contribution is 2.31. The van der Waals surface area contributed by atoms with E-state index in [4.69, 9.17) is 5.73 Å². The van der Waals surface area contributed by atoms with Crippen molar-refractivity contribution < 1.29 is 17.9 Å². The number of hydrogen-bond donors (Lipinski definition) is 2. The summed E-state index contributed by atoms with van der Waals surface area (Å²) in [6.45, 7) is 0. The fourth-order valence-electron chi connectivity index (χ4n) is 3.34. The molecule has 0 bridgehead atoms. The standard InChI is InChI=1S/C19H22N2O4S/c1-25-19(22)15-6-2-4-13(10-15)12-26(23,24)21-18-7-3-5-14-11-16(20)8-9-17(14)18/h2,4,6,8-11,18,21H,3,5,7,12,20H2,1H3. The molecule has 1 unspecified atom stereocenters.